The SMILES string of the molecule is CCOC(=O)C(ON)C(C)c1ccccc1. The second-order valence-electron chi connectivity index (χ2n) is 3.51. The fraction of sp³-hybridized carbons (Fsp3) is 0.417. The summed E-state index contributed by atoms with van der Waals surface area (Å²) in [5.41, 5.74) is 0.992. The fourth-order valence-corrected chi connectivity index (χ4v) is 1.53. The Kier molecular flexibility index (Phi) is 4.95. The van der Waals surface area contributed by atoms with Gasteiger partial charge in [0, 0.05) is 5.92 Å². The van der Waals surface area contributed by atoms with E-state index in [4.69, 9.17) is 15.5 Å². The van der Waals surface area contributed by atoms with Crippen molar-refractivity contribution in [1.29, 1.82) is 0 Å². The van der Waals surface area contributed by atoms with E-state index in [1.807, 2.05) is 37.3 Å². The zero-order valence-electron chi connectivity index (χ0n) is 9.55. The second kappa shape index (κ2) is 6.25. The molecule has 2 atom stereocenters. The van der Waals surface area contributed by atoms with Gasteiger partial charge in [0.2, 0.25) is 0 Å². The van der Waals surface area contributed by atoms with E-state index >= 15 is 0 Å². The Hall–Kier alpha value is -1.39. The van der Waals surface area contributed by atoms with Crippen molar-refractivity contribution in [3.05, 3.63) is 35.9 Å². The topological polar surface area (TPSA) is 61.5 Å². The molecule has 0 fully saturated rings. The van der Waals surface area contributed by atoms with Gasteiger partial charge in [0.25, 0.3) is 0 Å². The molecule has 88 valence electrons. The van der Waals surface area contributed by atoms with E-state index in [1.54, 1.807) is 6.92 Å². The standard InChI is InChI=1S/C12H17NO3/c1-3-15-12(14)11(16-13)9(2)10-7-5-4-6-8-10/h4-9,11H,3,13H2,1-2H3. The van der Waals surface area contributed by atoms with Crippen molar-refractivity contribution in [1.82, 2.24) is 0 Å². The van der Waals surface area contributed by atoms with Gasteiger partial charge in [0.15, 0.2) is 6.10 Å². The molecule has 0 aromatic heterocycles. The molecule has 4 heteroatoms. The van der Waals surface area contributed by atoms with Crippen LogP contribution >= 0.6 is 0 Å². The molecule has 2 N–H and O–H groups in total. The molecule has 0 heterocycles. The quantitative estimate of drug-likeness (QED) is 0.608. The van der Waals surface area contributed by atoms with E-state index in [1.165, 1.54) is 0 Å². The van der Waals surface area contributed by atoms with E-state index < -0.39 is 12.1 Å². The van der Waals surface area contributed by atoms with Crippen LogP contribution in [0.3, 0.4) is 0 Å². The van der Waals surface area contributed by atoms with Crippen LogP contribution in [0.5, 0.6) is 0 Å². The molecule has 4 nitrogen and oxygen atoms in total. The van der Waals surface area contributed by atoms with Gasteiger partial charge in [-0.25, -0.2) is 10.7 Å². The van der Waals surface area contributed by atoms with Crippen LogP contribution in [-0.4, -0.2) is 18.7 Å². The Balaban J connectivity index is 2.77. The number of esters is 1. The van der Waals surface area contributed by atoms with Gasteiger partial charge in [-0.2, -0.15) is 0 Å². The number of carbonyl (C=O) groups excluding carboxylic acids is 1. The Bertz CT molecular complexity index is 326. The van der Waals surface area contributed by atoms with Gasteiger partial charge in [-0.3, -0.25) is 4.84 Å². The smallest absolute Gasteiger partial charge is 0.338 e. The van der Waals surface area contributed by atoms with Crippen molar-refractivity contribution in [2.75, 3.05) is 6.61 Å². The van der Waals surface area contributed by atoms with Gasteiger partial charge >= 0.3 is 5.97 Å². The highest BCUT2D eigenvalue weighted by Gasteiger charge is 2.27. The predicted octanol–water partition coefficient (Wildman–Crippen LogP) is 1.61. The van der Waals surface area contributed by atoms with Crippen molar-refractivity contribution in [2.45, 2.75) is 25.9 Å². The van der Waals surface area contributed by atoms with E-state index in [-0.39, 0.29) is 5.92 Å². The lowest BCUT2D eigenvalue weighted by atomic mass is 9.95. The van der Waals surface area contributed by atoms with Gasteiger partial charge in [0.1, 0.15) is 0 Å². The first-order chi connectivity index (χ1) is 7.70. The summed E-state index contributed by atoms with van der Waals surface area (Å²) in [4.78, 5) is 16.3. The number of hydrogen-bond acceptors (Lipinski definition) is 4. The maximum absolute atomic E-state index is 11.6. The van der Waals surface area contributed by atoms with E-state index in [9.17, 15) is 4.79 Å². The molecule has 0 saturated carbocycles. The van der Waals surface area contributed by atoms with Crippen LogP contribution in [0.25, 0.3) is 0 Å². The molecule has 0 aliphatic rings. The lowest BCUT2D eigenvalue weighted by molar-refractivity contribution is -0.158. The van der Waals surface area contributed by atoms with Crippen LogP contribution in [0.1, 0.15) is 25.3 Å². The molecule has 0 aliphatic heterocycles. The monoisotopic (exact) mass is 223 g/mol. The minimum absolute atomic E-state index is 0.134. The third-order valence-corrected chi connectivity index (χ3v) is 2.44. The second-order valence-corrected chi connectivity index (χ2v) is 3.51. The van der Waals surface area contributed by atoms with Crippen LogP contribution in [0.2, 0.25) is 0 Å². The molecule has 2 unspecified atom stereocenters. The summed E-state index contributed by atoms with van der Waals surface area (Å²) >= 11 is 0. The van der Waals surface area contributed by atoms with Crippen LogP contribution in [0.15, 0.2) is 30.3 Å². The molecule has 0 saturated heterocycles. The highest BCUT2D eigenvalue weighted by molar-refractivity contribution is 5.76. The van der Waals surface area contributed by atoms with E-state index in [0.29, 0.717) is 6.61 Å². The third kappa shape index (κ3) is 3.05. The largest absolute Gasteiger partial charge is 0.464 e. The summed E-state index contributed by atoms with van der Waals surface area (Å²) in [5, 5.41) is 0. The molecule has 0 spiro atoms. The van der Waals surface area contributed by atoms with E-state index in [0.717, 1.165) is 5.56 Å². The summed E-state index contributed by atoms with van der Waals surface area (Å²) in [5.74, 6) is 4.58. The average Bonchev–Trinajstić information content (AvgIpc) is 2.31. The summed E-state index contributed by atoms with van der Waals surface area (Å²) < 4.78 is 4.89. The summed E-state index contributed by atoms with van der Waals surface area (Å²) in [7, 11) is 0. The summed E-state index contributed by atoms with van der Waals surface area (Å²) in [6.45, 7) is 3.95. The van der Waals surface area contributed by atoms with Crippen LogP contribution in [-0.2, 0) is 14.4 Å². The Labute approximate surface area is 95.3 Å². The Morgan fingerprint density at radius 2 is 2.00 bits per heavy atom. The molecular formula is C12H17NO3. The fourth-order valence-electron chi connectivity index (χ4n) is 1.53. The summed E-state index contributed by atoms with van der Waals surface area (Å²) in [6.07, 6.45) is -0.762. The van der Waals surface area contributed by atoms with Gasteiger partial charge in [-0.1, -0.05) is 37.3 Å². The minimum atomic E-state index is -0.762. The third-order valence-electron chi connectivity index (χ3n) is 2.44. The average molecular weight is 223 g/mol. The molecule has 1 aromatic carbocycles. The molecule has 16 heavy (non-hydrogen) atoms. The Morgan fingerprint density at radius 3 is 2.50 bits per heavy atom. The van der Waals surface area contributed by atoms with Crippen molar-refractivity contribution < 1.29 is 14.4 Å². The van der Waals surface area contributed by atoms with Crippen LogP contribution < -0.4 is 5.90 Å². The number of benzene rings is 1. The molecule has 0 radical (unpaired) electrons. The van der Waals surface area contributed by atoms with Gasteiger partial charge in [-0.05, 0) is 12.5 Å². The maximum atomic E-state index is 11.6. The Morgan fingerprint density at radius 1 is 1.38 bits per heavy atom. The molecule has 1 aromatic rings. The zero-order chi connectivity index (χ0) is 12.0. The predicted molar refractivity (Wildman–Crippen MR) is 60.6 cm³/mol. The van der Waals surface area contributed by atoms with Gasteiger partial charge in [-0.15, -0.1) is 0 Å². The normalized spacial score (nSPS) is 14.2. The minimum Gasteiger partial charge on any atom is -0.464 e. The molecule has 0 bridgehead atoms. The number of ether oxygens (including phenoxy) is 1. The summed E-state index contributed by atoms with van der Waals surface area (Å²) in [6, 6.07) is 9.58. The maximum Gasteiger partial charge on any atom is 0.338 e. The highest BCUT2D eigenvalue weighted by atomic mass is 16.6. The lowest BCUT2D eigenvalue weighted by Crippen LogP contribution is -2.34. The molecule has 1 rings (SSSR count). The van der Waals surface area contributed by atoms with Crippen LogP contribution in [0.4, 0.5) is 0 Å². The van der Waals surface area contributed by atoms with Gasteiger partial charge in [0.05, 0.1) is 6.61 Å². The first-order valence-electron chi connectivity index (χ1n) is 5.27. The number of hydrogen-bond donors (Lipinski definition) is 1. The highest BCUT2D eigenvalue weighted by Crippen LogP contribution is 2.21. The molecule has 0 amide bonds. The first-order valence-corrected chi connectivity index (χ1v) is 5.27. The number of rotatable bonds is 5. The van der Waals surface area contributed by atoms with Gasteiger partial charge < -0.3 is 4.74 Å². The van der Waals surface area contributed by atoms with Crippen molar-refractivity contribution >= 4 is 5.97 Å². The van der Waals surface area contributed by atoms with Crippen LogP contribution in [0, 0.1) is 0 Å². The molecular weight excluding hydrogens is 206 g/mol. The number of nitrogens with two attached hydrogens (primary N) is 1. The lowest BCUT2D eigenvalue weighted by Gasteiger charge is -2.20. The first kappa shape index (κ1) is 12.7. The van der Waals surface area contributed by atoms with E-state index in [2.05, 4.69) is 0 Å². The van der Waals surface area contributed by atoms with Crippen molar-refractivity contribution in [2.24, 2.45) is 5.90 Å². The van der Waals surface area contributed by atoms with Crippen molar-refractivity contribution in [3.8, 4) is 0 Å². The number of carbonyl (C=O) groups is 1. The molecule has 0 aliphatic carbocycles. The zero-order valence-corrected chi connectivity index (χ0v) is 9.55. The van der Waals surface area contributed by atoms with Crippen molar-refractivity contribution in [3.63, 3.8) is 0 Å².